The van der Waals surface area contributed by atoms with Crippen LogP contribution >= 0.6 is 0 Å². The topological polar surface area (TPSA) is 58.5 Å². The van der Waals surface area contributed by atoms with Crippen molar-refractivity contribution in [2.75, 3.05) is 32.9 Å². The van der Waals surface area contributed by atoms with Gasteiger partial charge in [-0.3, -0.25) is 4.90 Å². The highest BCUT2D eigenvalue weighted by Crippen LogP contribution is 2.23. The van der Waals surface area contributed by atoms with E-state index in [4.69, 9.17) is 10.2 Å². The monoisotopic (exact) mass is 274 g/mol. The van der Waals surface area contributed by atoms with Crippen LogP contribution in [0, 0.1) is 0 Å². The lowest BCUT2D eigenvalue weighted by molar-refractivity contribution is 0.132. The molecule has 3 rings (SSSR count). The summed E-state index contributed by atoms with van der Waals surface area (Å²) in [4.78, 5) is 9.24. The first-order chi connectivity index (χ1) is 9.63. The lowest BCUT2D eigenvalue weighted by Crippen LogP contribution is -2.41. The molecule has 2 aromatic rings. The van der Waals surface area contributed by atoms with Gasteiger partial charge in [-0.05, 0) is 39.1 Å². The second kappa shape index (κ2) is 5.42. The van der Waals surface area contributed by atoms with E-state index in [1.165, 1.54) is 12.8 Å². The molecule has 5 heteroatoms. The number of rotatable bonds is 3. The van der Waals surface area contributed by atoms with E-state index < -0.39 is 0 Å². The molecule has 1 aliphatic rings. The summed E-state index contributed by atoms with van der Waals surface area (Å²) >= 11 is 0. The van der Waals surface area contributed by atoms with E-state index in [9.17, 15) is 0 Å². The van der Waals surface area contributed by atoms with Crippen molar-refractivity contribution in [2.24, 2.45) is 0 Å². The Labute approximate surface area is 119 Å². The van der Waals surface area contributed by atoms with E-state index in [-0.39, 0.29) is 0 Å². The zero-order valence-electron chi connectivity index (χ0n) is 12.2. The minimum Gasteiger partial charge on any atom is -0.439 e. The molecular weight excluding hydrogens is 252 g/mol. The Morgan fingerprint density at radius 3 is 2.75 bits per heavy atom. The molecule has 108 valence electrons. The predicted octanol–water partition coefficient (Wildman–Crippen LogP) is 1.94. The maximum absolute atomic E-state index is 5.91. The van der Waals surface area contributed by atoms with Crippen molar-refractivity contribution < 1.29 is 4.42 Å². The number of aromatic nitrogens is 1. The minimum absolute atomic E-state index is 0.684. The van der Waals surface area contributed by atoms with Crippen LogP contribution in [0.5, 0.6) is 0 Å². The van der Waals surface area contributed by atoms with Crippen LogP contribution in [0.25, 0.3) is 11.1 Å². The molecule has 1 fully saturated rings. The zero-order chi connectivity index (χ0) is 14.1. The fourth-order valence-electron chi connectivity index (χ4n) is 2.87. The second-order valence-electron chi connectivity index (χ2n) is 5.77. The molecule has 20 heavy (non-hydrogen) atoms. The first-order valence-electron chi connectivity index (χ1n) is 7.16. The molecule has 0 amide bonds. The van der Waals surface area contributed by atoms with Gasteiger partial charge in [0.1, 0.15) is 5.52 Å². The molecule has 1 aromatic heterocycles. The number of nitrogens with zero attached hydrogens (tertiary/aromatic N) is 3. The van der Waals surface area contributed by atoms with Gasteiger partial charge in [0.15, 0.2) is 5.58 Å². The first kappa shape index (κ1) is 13.4. The normalized spacial score (nSPS) is 18.1. The van der Waals surface area contributed by atoms with E-state index in [1.54, 1.807) is 0 Å². The van der Waals surface area contributed by atoms with Gasteiger partial charge in [0.25, 0.3) is 0 Å². The summed E-state index contributed by atoms with van der Waals surface area (Å²) in [5.41, 5.74) is 8.16. The highest BCUT2D eigenvalue weighted by atomic mass is 16.3. The summed E-state index contributed by atoms with van der Waals surface area (Å²) in [5, 5.41) is 0. The van der Waals surface area contributed by atoms with Crippen molar-refractivity contribution in [1.29, 1.82) is 0 Å². The molecule has 1 aliphatic heterocycles. The predicted molar refractivity (Wildman–Crippen MR) is 80.4 cm³/mol. The van der Waals surface area contributed by atoms with Gasteiger partial charge in [0, 0.05) is 19.1 Å². The standard InChI is InChI=1S/C15H22N4O/c1-18(2)11-6-8-19(9-7-11)10-14-17-15-12(16)4-3-5-13(15)20-14/h3-5,11H,6-10,16H2,1-2H3. The summed E-state index contributed by atoms with van der Waals surface area (Å²) in [6.07, 6.45) is 2.41. The number of para-hydroxylation sites is 1. The Bertz CT molecular complexity index is 585. The number of nitrogens with two attached hydrogens (primary N) is 1. The third-order valence-electron chi connectivity index (χ3n) is 4.14. The number of oxazole rings is 1. The molecule has 5 nitrogen and oxygen atoms in total. The fourth-order valence-corrected chi connectivity index (χ4v) is 2.87. The third-order valence-corrected chi connectivity index (χ3v) is 4.14. The molecule has 1 saturated heterocycles. The Morgan fingerprint density at radius 1 is 1.35 bits per heavy atom. The van der Waals surface area contributed by atoms with Crippen LogP contribution < -0.4 is 5.73 Å². The number of hydrogen-bond acceptors (Lipinski definition) is 5. The molecule has 0 spiro atoms. The molecule has 0 radical (unpaired) electrons. The highest BCUT2D eigenvalue weighted by molar-refractivity contribution is 5.85. The number of nitrogen functional groups attached to an aromatic ring is 1. The Balaban J connectivity index is 1.67. The molecule has 1 aromatic carbocycles. The van der Waals surface area contributed by atoms with E-state index in [0.29, 0.717) is 11.7 Å². The lowest BCUT2D eigenvalue weighted by atomic mass is 10.0. The van der Waals surface area contributed by atoms with Crippen molar-refractivity contribution in [2.45, 2.75) is 25.4 Å². The fraction of sp³-hybridized carbons (Fsp3) is 0.533. The van der Waals surface area contributed by atoms with Crippen LogP contribution in [0.15, 0.2) is 22.6 Å². The molecule has 0 atom stereocenters. The Hall–Kier alpha value is -1.59. The van der Waals surface area contributed by atoms with Crippen LogP contribution in [0.2, 0.25) is 0 Å². The number of piperidine rings is 1. The SMILES string of the molecule is CN(C)C1CCN(Cc2nc3c(N)cccc3o2)CC1. The molecule has 2 heterocycles. The van der Waals surface area contributed by atoms with Crippen LogP contribution in [-0.4, -0.2) is 48.0 Å². The summed E-state index contributed by atoms with van der Waals surface area (Å²) < 4.78 is 5.78. The quantitative estimate of drug-likeness (QED) is 0.867. The number of hydrogen-bond donors (Lipinski definition) is 1. The number of likely N-dealkylation sites (tertiary alicyclic amines) is 1. The number of fused-ring (bicyclic) bond motifs is 1. The van der Waals surface area contributed by atoms with Crippen molar-refractivity contribution in [3.63, 3.8) is 0 Å². The molecule has 2 N–H and O–H groups in total. The molecule has 0 aliphatic carbocycles. The van der Waals surface area contributed by atoms with E-state index in [0.717, 1.165) is 36.6 Å². The van der Waals surface area contributed by atoms with E-state index in [2.05, 4.69) is 28.9 Å². The van der Waals surface area contributed by atoms with Gasteiger partial charge >= 0.3 is 0 Å². The minimum atomic E-state index is 0.684. The van der Waals surface area contributed by atoms with Crippen molar-refractivity contribution in [1.82, 2.24) is 14.8 Å². The Kier molecular flexibility index (Phi) is 3.63. The molecular formula is C15H22N4O. The van der Waals surface area contributed by atoms with Gasteiger partial charge in [-0.2, -0.15) is 0 Å². The zero-order valence-corrected chi connectivity index (χ0v) is 12.2. The maximum Gasteiger partial charge on any atom is 0.209 e. The molecule has 0 bridgehead atoms. The highest BCUT2D eigenvalue weighted by Gasteiger charge is 2.22. The van der Waals surface area contributed by atoms with E-state index >= 15 is 0 Å². The van der Waals surface area contributed by atoms with Crippen molar-refractivity contribution in [3.05, 3.63) is 24.1 Å². The lowest BCUT2D eigenvalue weighted by Gasteiger charge is -2.34. The smallest absolute Gasteiger partial charge is 0.209 e. The van der Waals surface area contributed by atoms with Crippen molar-refractivity contribution in [3.8, 4) is 0 Å². The van der Waals surface area contributed by atoms with Crippen LogP contribution in [0.3, 0.4) is 0 Å². The largest absolute Gasteiger partial charge is 0.439 e. The van der Waals surface area contributed by atoms with Gasteiger partial charge < -0.3 is 15.1 Å². The summed E-state index contributed by atoms with van der Waals surface area (Å²) in [7, 11) is 4.31. The summed E-state index contributed by atoms with van der Waals surface area (Å²) in [5.74, 6) is 0.765. The van der Waals surface area contributed by atoms with Crippen LogP contribution in [-0.2, 0) is 6.54 Å². The first-order valence-corrected chi connectivity index (χ1v) is 7.16. The van der Waals surface area contributed by atoms with Gasteiger partial charge in [-0.1, -0.05) is 6.07 Å². The molecule has 0 saturated carbocycles. The maximum atomic E-state index is 5.91. The van der Waals surface area contributed by atoms with Crippen LogP contribution in [0.1, 0.15) is 18.7 Å². The van der Waals surface area contributed by atoms with E-state index in [1.807, 2.05) is 18.2 Å². The summed E-state index contributed by atoms with van der Waals surface area (Å²) in [6, 6.07) is 6.37. The van der Waals surface area contributed by atoms with Gasteiger partial charge in [0.05, 0.1) is 12.2 Å². The third kappa shape index (κ3) is 2.64. The number of benzene rings is 1. The van der Waals surface area contributed by atoms with Crippen LogP contribution in [0.4, 0.5) is 5.69 Å². The number of anilines is 1. The Morgan fingerprint density at radius 2 is 2.10 bits per heavy atom. The van der Waals surface area contributed by atoms with Gasteiger partial charge in [0.2, 0.25) is 5.89 Å². The van der Waals surface area contributed by atoms with Gasteiger partial charge in [-0.15, -0.1) is 0 Å². The average Bonchev–Trinajstić information content (AvgIpc) is 2.83. The van der Waals surface area contributed by atoms with Crippen molar-refractivity contribution >= 4 is 16.8 Å². The van der Waals surface area contributed by atoms with Gasteiger partial charge in [-0.25, -0.2) is 4.98 Å². The second-order valence-corrected chi connectivity index (χ2v) is 5.77. The average molecular weight is 274 g/mol. The molecule has 0 unspecified atom stereocenters. The summed E-state index contributed by atoms with van der Waals surface area (Å²) in [6.45, 7) is 2.96.